The SMILES string of the molecule is Cc1ccc(C(=O)Oc2ccc(/C=N/NC(=O)C(=O)NCc3ccccc3)cc2)cc1. The molecule has 31 heavy (non-hydrogen) atoms. The molecular weight excluding hydrogens is 394 g/mol. The summed E-state index contributed by atoms with van der Waals surface area (Å²) in [6, 6.07) is 22.9. The summed E-state index contributed by atoms with van der Waals surface area (Å²) in [5, 5.41) is 6.29. The van der Waals surface area contributed by atoms with Gasteiger partial charge in [0, 0.05) is 6.54 Å². The van der Waals surface area contributed by atoms with Gasteiger partial charge in [0.1, 0.15) is 5.75 Å². The van der Waals surface area contributed by atoms with E-state index in [1.54, 1.807) is 36.4 Å². The Hall–Kier alpha value is -4.26. The molecule has 3 aromatic rings. The minimum atomic E-state index is -0.865. The molecule has 0 fully saturated rings. The fraction of sp³-hybridized carbons (Fsp3) is 0.0833. The van der Waals surface area contributed by atoms with Gasteiger partial charge >= 0.3 is 17.8 Å². The molecule has 156 valence electrons. The van der Waals surface area contributed by atoms with Crippen LogP contribution >= 0.6 is 0 Å². The number of ether oxygens (including phenoxy) is 1. The van der Waals surface area contributed by atoms with Crippen LogP contribution in [-0.4, -0.2) is 24.0 Å². The number of hydrogen-bond acceptors (Lipinski definition) is 5. The number of esters is 1. The van der Waals surface area contributed by atoms with Crippen LogP contribution in [0.1, 0.15) is 27.0 Å². The van der Waals surface area contributed by atoms with Crippen molar-refractivity contribution in [1.82, 2.24) is 10.7 Å². The Morgan fingerprint density at radius 2 is 1.55 bits per heavy atom. The molecule has 0 atom stereocenters. The van der Waals surface area contributed by atoms with Crippen LogP contribution in [0.4, 0.5) is 0 Å². The van der Waals surface area contributed by atoms with Crippen molar-refractivity contribution in [3.8, 4) is 5.75 Å². The molecule has 0 spiro atoms. The molecule has 0 aromatic heterocycles. The number of hydrazone groups is 1. The van der Waals surface area contributed by atoms with Crippen molar-refractivity contribution >= 4 is 24.0 Å². The Labute approximate surface area is 179 Å². The monoisotopic (exact) mass is 415 g/mol. The molecule has 0 aliphatic heterocycles. The minimum Gasteiger partial charge on any atom is -0.423 e. The van der Waals surface area contributed by atoms with Gasteiger partial charge in [-0.3, -0.25) is 9.59 Å². The van der Waals surface area contributed by atoms with Crippen molar-refractivity contribution in [1.29, 1.82) is 0 Å². The van der Waals surface area contributed by atoms with Crippen molar-refractivity contribution in [2.45, 2.75) is 13.5 Å². The lowest BCUT2D eigenvalue weighted by Crippen LogP contribution is -2.37. The van der Waals surface area contributed by atoms with E-state index in [2.05, 4.69) is 15.8 Å². The number of nitrogens with zero attached hydrogens (tertiary/aromatic N) is 1. The van der Waals surface area contributed by atoms with Crippen molar-refractivity contribution in [2.24, 2.45) is 5.10 Å². The first kappa shape index (κ1) is 21.4. The number of hydrogen-bond donors (Lipinski definition) is 2. The summed E-state index contributed by atoms with van der Waals surface area (Å²) < 4.78 is 5.33. The van der Waals surface area contributed by atoms with E-state index in [1.165, 1.54) is 6.21 Å². The molecule has 0 bridgehead atoms. The smallest absolute Gasteiger partial charge is 0.343 e. The molecule has 0 aliphatic rings. The normalized spacial score (nSPS) is 10.5. The first-order valence-corrected chi connectivity index (χ1v) is 9.55. The Morgan fingerprint density at radius 3 is 2.23 bits per heavy atom. The average Bonchev–Trinajstić information content (AvgIpc) is 2.79. The van der Waals surface area contributed by atoms with Crippen LogP contribution in [0, 0.1) is 6.92 Å². The Kier molecular flexibility index (Phi) is 7.26. The van der Waals surface area contributed by atoms with Crippen molar-refractivity contribution < 1.29 is 19.1 Å². The van der Waals surface area contributed by atoms with Crippen LogP contribution in [0.25, 0.3) is 0 Å². The number of nitrogens with one attached hydrogen (secondary N) is 2. The predicted molar refractivity (Wildman–Crippen MR) is 117 cm³/mol. The molecule has 3 rings (SSSR count). The third-order valence-electron chi connectivity index (χ3n) is 4.26. The highest BCUT2D eigenvalue weighted by atomic mass is 16.5. The van der Waals surface area contributed by atoms with Gasteiger partial charge in [-0.05, 0) is 54.4 Å². The first-order valence-electron chi connectivity index (χ1n) is 9.55. The fourth-order valence-corrected chi connectivity index (χ4v) is 2.55. The topological polar surface area (TPSA) is 96.9 Å². The number of aryl methyl sites for hydroxylation is 1. The lowest BCUT2D eigenvalue weighted by atomic mass is 10.1. The standard InChI is InChI=1S/C24H21N3O4/c1-17-7-11-20(12-8-17)24(30)31-21-13-9-19(10-14-21)16-26-27-23(29)22(28)25-15-18-5-3-2-4-6-18/h2-14,16H,15H2,1H3,(H,25,28)(H,27,29)/b26-16+. The number of benzene rings is 3. The minimum absolute atomic E-state index is 0.250. The predicted octanol–water partition coefficient (Wildman–Crippen LogP) is 2.98. The maximum Gasteiger partial charge on any atom is 0.343 e. The van der Waals surface area contributed by atoms with Crippen LogP contribution in [-0.2, 0) is 16.1 Å². The zero-order valence-electron chi connectivity index (χ0n) is 16.9. The average molecular weight is 415 g/mol. The highest BCUT2D eigenvalue weighted by Crippen LogP contribution is 2.14. The third kappa shape index (κ3) is 6.64. The molecule has 0 saturated heterocycles. The molecule has 0 unspecified atom stereocenters. The Bertz CT molecular complexity index is 1080. The van der Waals surface area contributed by atoms with E-state index in [-0.39, 0.29) is 6.54 Å². The molecule has 7 heteroatoms. The molecule has 0 aliphatic carbocycles. The van der Waals surface area contributed by atoms with Crippen LogP contribution in [0.2, 0.25) is 0 Å². The van der Waals surface area contributed by atoms with Gasteiger partial charge in [-0.1, -0.05) is 48.0 Å². The molecule has 0 heterocycles. The van der Waals surface area contributed by atoms with Gasteiger partial charge in [-0.2, -0.15) is 5.10 Å². The second-order valence-corrected chi connectivity index (χ2v) is 6.69. The summed E-state index contributed by atoms with van der Waals surface area (Å²) in [6.45, 7) is 2.19. The first-order chi connectivity index (χ1) is 15.0. The van der Waals surface area contributed by atoms with E-state index in [9.17, 15) is 14.4 Å². The van der Waals surface area contributed by atoms with Crippen LogP contribution < -0.4 is 15.5 Å². The second kappa shape index (κ2) is 10.5. The number of carbonyl (C=O) groups is 3. The van der Waals surface area contributed by atoms with E-state index in [1.807, 2.05) is 49.4 Å². The molecule has 3 aromatic carbocycles. The van der Waals surface area contributed by atoms with Gasteiger partial charge in [-0.15, -0.1) is 0 Å². The van der Waals surface area contributed by atoms with Gasteiger partial charge in [0.2, 0.25) is 0 Å². The van der Waals surface area contributed by atoms with E-state index in [0.29, 0.717) is 16.9 Å². The summed E-state index contributed by atoms with van der Waals surface area (Å²) in [5.41, 5.74) is 5.23. The van der Waals surface area contributed by atoms with Gasteiger partial charge in [-0.25, -0.2) is 10.2 Å². The molecule has 0 saturated carbocycles. The summed E-state index contributed by atoms with van der Waals surface area (Å²) in [6.07, 6.45) is 1.38. The second-order valence-electron chi connectivity index (χ2n) is 6.69. The van der Waals surface area contributed by atoms with E-state index in [4.69, 9.17) is 4.74 Å². The van der Waals surface area contributed by atoms with Crippen molar-refractivity contribution in [3.05, 3.63) is 101 Å². The lowest BCUT2D eigenvalue weighted by Gasteiger charge is -2.05. The maximum absolute atomic E-state index is 12.1. The molecular formula is C24H21N3O4. The van der Waals surface area contributed by atoms with Gasteiger partial charge in [0.25, 0.3) is 0 Å². The Morgan fingerprint density at radius 1 is 0.871 bits per heavy atom. The van der Waals surface area contributed by atoms with Crippen molar-refractivity contribution in [2.75, 3.05) is 0 Å². The third-order valence-corrected chi connectivity index (χ3v) is 4.26. The van der Waals surface area contributed by atoms with Gasteiger partial charge in [0.15, 0.2) is 0 Å². The molecule has 0 radical (unpaired) electrons. The summed E-state index contributed by atoms with van der Waals surface area (Å²) in [4.78, 5) is 35.7. The van der Waals surface area contributed by atoms with Gasteiger partial charge < -0.3 is 10.1 Å². The van der Waals surface area contributed by atoms with Crippen molar-refractivity contribution in [3.63, 3.8) is 0 Å². The quantitative estimate of drug-likeness (QED) is 0.213. The van der Waals surface area contributed by atoms with Gasteiger partial charge in [0.05, 0.1) is 11.8 Å². The van der Waals surface area contributed by atoms with Crippen LogP contribution in [0.15, 0.2) is 84.0 Å². The maximum atomic E-state index is 12.1. The summed E-state index contributed by atoms with van der Waals surface area (Å²) in [7, 11) is 0. The zero-order valence-corrected chi connectivity index (χ0v) is 16.9. The van der Waals surface area contributed by atoms with Crippen LogP contribution in [0.3, 0.4) is 0 Å². The fourth-order valence-electron chi connectivity index (χ4n) is 2.55. The number of rotatable bonds is 6. The number of amides is 2. The largest absolute Gasteiger partial charge is 0.423 e. The Balaban J connectivity index is 1.46. The lowest BCUT2D eigenvalue weighted by molar-refractivity contribution is -0.139. The molecule has 2 N–H and O–H groups in total. The number of carbonyl (C=O) groups excluding carboxylic acids is 3. The van der Waals surface area contributed by atoms with E-state index < -0.39 is 17.8 Å². The summed E-state index contributed by atoms with van der Waals surface area (Å²) in [5.74, 6) is -1.71. The molecule has 2 amide bonds. The van der Waals surface area contributed by atoms with E-state index >= 15 is 0 Å². The van der Waals surface area contributed by atoms with Crippen LogP contribution in [0.5, 0.6) is 5.75 Å². The van der Waals surface area contributed by atoms with E-state index in [0.717, 1.165) is 11.1 Å². The zero-order chi connectivity index (χ0) is 22.1. The summed E-state index contributed by atoms with van der Waals surface area (Å²) >= 11 is 0. The molecule has 7 nitrogen and oxygen atoms in total. The highest BCUT2D eigenvalue weighted by molar-refractivity contribution is 6.35. The highest BCUT2D eigenvalue weighted by Gasteiger charge is 2.12.